The van der Waals surface area contributed by atoms with Crippen LogP contribution in [-0.4, -0.2) is 34.7 Å². The molecule has 0 saturated heterocycles. The van der Waals surface area contributed by atoms with Gasteiger partial charge in [0.1, 0.15) is 0 Å². The lowest BCUT2D eigenvalue weighted by atomic mass is 10.2. The van der Waals surface area contributed by atoms with Crippen LogP contribution in [-0.2, 0) is 9.09 Å². The van der Waals surface area contributed by atoms with Crippen molar-refractivity contribution >= 4 is 7.82 Å². The van der Waals surface area contributed by atoms with Gasteiger partial charge in [-0.3, -0.25) is 4.52 Å². The van der Waals surface area contributed by atoms with Crippen LogP contribution in [0.2, 0.25) is 0 Å². The largest absolute Gasteiger partial charge is 0.469 e. The zero-order chi connectivity index (χ0) is 10.9. The Morgan fingerprint density at radius 1 is 1.46 bits per heavy atom. The Morgan fingerprint density at radius 2 is 1.85 bits per heavy atom. The molecule has 0 fully saturated rings. The average molecular weight is 215 g/mol. The van der Waals surface area contributed by atoms with E-state index < -0.39 is 7.82 Å². The van der Waals surface area contributed by atoms with Gasteiger partial charge in [0, 0.05) is 6.54 Å². The highest BCUT2D eigenvalue weighted by molar-refractivity contribution is 7.46. The molecule has 0 bridgehead atoms. The maximum atomic E-state index is 10.0. The van der Waals surface area contributed by atoms with Crippen LogP contribution < -0.4 is 5.73 Å². The Morgan fingerprint density at radius 3 is 1.92 bits per heavy atom. The van der Waals surface area contributed by atoms with Gasteiger partial charge < -0.3 is 20.6 Å². The number of aliphatic hydroxyl groups is 1. The molecule has 0 spiro atoms. The summed E-state index contributed by atoms with van der Waals surface area (Å²) in [5, 5.41) is 7.75. The fourth-order valence-corrected chi connectivity index (χ4v) is 0.739. The first kappa shape index (κ1) is 15.5. The maximum Gasteiger partial charge on any atom is 0.469 e. The van der Waals surface area contributed by atoms with Crippen LogP contribution in [0.15, 0.2) is 0 Å². The van der Waals surface area contributed by atoms with Crippen LogP contribution in [0.1, 0.15) is 13.8 Å². The molecule has 0 aromatic rings. The third kappa shape index (κ3) is 24.5. The zero-order valence-corrected chi connectivity index (χ0v) is 8.78. The lowest BCUT2D eigenvalue weighted by Gasteiger charge is -2.06. The molecule has 0 radical (unpaired) electrons. The Hall–Kier alpha value is 0.0300. The molecule has 0 amide bonds. The van der Waals surface area contributed by atoms with E-state index in [-0.39, 0.29) is 19.1 Å². The second kappa shape index (κ2) is 8.62. The quantitative estimate of drug-likeness (QED) is 0.478. The first-order valence-corrected chi connectivity index (χ1v) is 5.37. The SMILES string of the molecule is CC(C)COP(=O)(O)O.NCCO. The highest BCUT2D eigenvalue weighted by Gasteiger charge is 2.13. The summed E-state index contributed by atoms with van der Waals surface area (Å²) in [5.74, 6) is 0.151. The highest BCUT2D eigenvalue weighted by Crippen LogP contribution is 2.35. The van der Waals surface area contributed by atoms with Crippen molar-refractivity contribution in [2.75, 3.05) is 19.8 Å². The standard InChI is InChI=1S/C4H11O4P.C2H7NO/c1-4(2)3-8-9(5,6)7;3-1-2-4/h4H,3H2,1-2H3,(H2,5,6,7);4H,1-3H2. The number of nitrogens with two attached hydrogens (primary N) is 1. The van der Waals surface area contributed by atoms with E-state index in [0.29, 0.717) is 6.54 Å². The van der Waals surface area contributed by atoms with E-state index in [9.17, 15) is 4.57 Å². The van der Waals surface area contributed by atoms with Crippen LogP contribution >= 0.6 is 7.82 Å². The van der Waals surface area contributed by atoms with E-state index in [4.69, 9.17) is 20.6 Å². The van der Waals surface area contributed by atoms with E-state index >= 15 is 0 Å². The number of rotatable bonds is 4. The molecule has 0 aliphatic carbocycles. The summed E-state index contributed by atoms with van der Waals surface area (Å²) in [6.07, 6.45) is 0. The van der Waals surface area contributed by atoms with Crippen LogP contribution in [0.25, 0.3) is 0 Å². The van der Waals surface area contributed by atoms with Gasteiger partial charge in [-0.05, 0) is 5.92 Å². The summed E-state index contributed by atoms with van der Waals surface area (Å²) in [6.45, 7) is 4.20. The first-order chi connectivity index (χ1) is 5.83. The van der Waals surface area contributed by atoms with Crippen molar-refractivity contribution in [2.24, 2.45) is 11.7 Å². The zero-order valence-electron chi connectivity index (χ0n) is 7.88. The summed E-state index contributed by atoms with van der Waals surface area (Å²) in [7, 11) is -4.22. The molecule has 5 N–H and O–H groups in total. The molecule has 6 nitrogen and oxygen atoms in total. The Bertz CT molecular complexity index is 144. The Balaban J connectivity index is 0. The number of phosphoric ester groups is 1. The van der Waals surface area contributed by atoms with Crippen molar-refractivity contribution < 1.29 is 24.0 Å². The molecule has 13 heavy (non-hydrogen) atoms. The van der Waals surface area contributed by atoms with Gasteiger partial charge >= 0.3 is 7.82 Å². The van der Waals surface area contributed by atoms with Gasteiger partial charge in [-0.25, -0.2) is 4.57 Å². The summed E-state index contributed by atoms with van der Waals surface area (Å²) in [5.41, 5.74) is 4.78. The van der Waals surface area contributed by atoms with Crippen molar-refractivity contribution in [3.63, 3.8) is 0 Å². The minimum Gasteiger partial charge on any atom is -0.395 e. The van der Waals surface area contributed by atoms with E-state index in [1.54, 1.807) is 0 Å². The molecule has 0 aromatic heterocycles. The van der Waals surface area contributed by atoms with E-state index in [2.05, 4.69) is 4.52 Å². The smallest absolute Gasteiger partial charge is 0.395 e. The minimum absolute atomic E-state index is 0.0972. The molecule has 0 aliphatic rings. The molecule has 0 saturated carbocycles. The van der Waals surface area contributed by atoms with Gasteiger partial charge in [0.15, 0.2) is 0 Å². The fraction of sp³-hybridized carbons (Fsp3) is 1.00. The summed E-state index contributed by atoms with van der Waals surface area (Å²) >= 11 is 0. The van der Waals surface area contributed by atoms with Crippen molar-refractivity contribution in [2.45, 2.75) is 13.8 Å². The van der Waals surface area contributed by atoms with E-state index in [0.717, 1.165) is 0 Å². The molecule has 0 aliphatic heterocycles. The predicted octanol–water partition coefficient (Wildman–Crippen LogP) is -0.311. The molecule has 0 heterocycles. The molecule has 7 heteroatoms. The molecular weight excluding hydrogens is 197 g/mol. The van der Waals surface area contributed by atoms with Crippen LogP contribution in [0, 0.1) is 5.92 Å². The summed E-state index contributed by atoms with van der Waals surface area (Å²) in [6, 6.07) is 0. The van der Waals surface area contributed by atoms with Gasteiger partial charge in [-0.2, -0.15) is 0 Å². The topological polar surface area (TPSA) is 113 Å². The highest BCUT2D eigenvalue weighted by atomic mass is 31.2. The number of hydrogen-bond donors (Lipinski definition) is 4. The van der Waals surface area contributed by atoms with Gasteiger partial charge in [0.25, 0.3) is 0 Å². The van der Waals surface area contributed by atoms with Crippen molar-refractivity contribution in [3.05, 3.63) is 0 Å². The molecule has 0 unspecified atom stereocenters. The molecular formula is C6H18NO5P. The Kier molecular flexibility index (Phi) is 10.3. The van der Waals surface area contributed by atoms with Crippen LogP contribution in [0.5, 0.6) is 0 Å². The lowest BCUT2D eigenvalue weighted by molar-refractivity contribution is 0.177. The van der Waals surface area contributed by atoms with Crippen LogP contribution in [0.3, 0.4) is 0 Å². The van der Waals surface area contributed by atoms with E-state index in [1.807, 2.05) is 13.8 Å². The monoisotopic (exact) mass is 215 g/mol. The summed E-state index contributed by atoms with van der Waals surface area (Å²) < 4.78 is 14.2. The Labute approximate surface area is 78.0 Å². The van der Waals surface area contributed by atoms with Crippen molar-refractivity contribution in [1.82, 2.24) is 0 Å². The van der Waals surface area contributed by atoms with Gasteiger partial charge in [-0.15, -0.1) is 0 Å². The molecule has 0 aromatic carbocycles. The third-order valence-corrected chi connectivity index (χ3v) is 1.19. The normalized spacial score (nSPS) is 11.0. The summed E-state index contributed by atoms with van der Waals surface area (Å²) in [4.78, 5) is 16.3. The average Bonchev–Trinajstić information content (AvgIpc) is 2.00. The molecule has 0 rings (SSSR count). The molecule has 0 atom stereocenters. The fourth-order valence-electron chi connectivity index (χ4n) is 0.246. The number of hydrogen-bond acceptors (Lipinski definition) is 4. The second-order valence-electron chi connectivity index (χ2n) is 2.69. The van der Waals surface area contributed by atoms with Gasteiger partial charge in [-0.1, -0.05) is 13.8 Å². The van der Waals surface area contributed by atoms with Gasteiger partial charge in [0.05, 0.1) is 13.2 Å². The number of aliphatic hydroxyl groups excluding tert-OH is 1. The van der Waals surface area contributed by atoms with Crippen molar-refractivity contribution in [1.29, 1.82) is 0 Å². The first-order valence-electron chi connectivity index (χ1n) is 3.84. The predicted molar refractivity (Wildman–Crippen MR) is 49.0 cm³/mol. The maximum absolute atomic E-state index is 10.0. The van der Waals surface area contributed by atoms with Crippen molar-refractivity contribution in [3.8, 4) is 0 Å². The van der Waals surface area contributed by atoms with E-state index in [1.165, 1.54) is 0 Å². The lowest BCUT2D eigenvalue weighted by Crippen LogP contribution is -2.02. The minimum atomic E-state index is -4.22. The van der Waals surface area contributed by atoms with Crippen LogP contribution in [0.4, 0.5) is 0 Å². The van der Waals surface area contributed by atoms with Gasteiger partial charge in [0.2, 0.25) is 0 Å². The second-order valence-corrected chi connectivity index (χ2v) is 3.93. The molecule has 82 valence electrons. The number of phosphoric acid groups is 1. The third-order valence-electron chi connectivity index (χ3n) is 0.705.